The van der Waals surface area contributed by atoms with Crippen molar-refractivity contribution in [2.24, 2.45) is 5.92 Å². The van der Waals surface area contributed by atoms with Crippen LogP contribution < -0.4 is 4.90 Å². The molecule has 0 saturated heterocycles. The first-order chi connectivity index (χ1) is 11.1. The zero-order valence-electron chi connectivity index (χ0n) is 13.2. The van der Waals surface area contributed by atoms with Crippen LogP contribution in [0.3, 0.4) is 0 Å². The summed E-state index contributed by atoms with van der Waals surface area (Å²) in [7, 11) is 1.31. The van der Waals surface area contributed by atoms with Gasteiger partial charge in [0, 0.05) is 18.4 Å². The number of aromatic nitrogens is 1. The van der Waals surface area contributed by atoms with E-state index in [2.05, 4.69) is 22.7 Å². The number of amides is 1. The Kier molecular flexibility index (Phi) is 4.10. The first-order valence-electron chi connectivity index (χ1n) is 7.54. The maximum Gasteiger partial charge on any atom is 0.339 e. The summed E-state index contributed by atoms with van der Waals surface area (Å²) in [4.78, 5) is 30.1. The molecule has 0 radical (unpaired) electrons. The zero-order chi connectivity index (χ0) is 16.4. The van der Waals surface area contributed by atoms with E-state index in [1.807, 2.05) is 18.2 Å². The minimum absolute atomic E-state index is 0.152. The predicted molar refractivity (Wildman–Crippen MR) is 86.6 cm³/mol. The van der Waals surface area contributed by atoms with Crippen LogP contribution in [0.15, 0.2) is 42.6 Å². The van der Waals surface area contributed by atoms with Gasteiger partial charge in [0.15, 0.2) is 0 Å². The predicted octanol–water partition coefficient (Wildman–Crippen LogP) is 2.71. The number of para-hydroxylation sites is 1. The highest BCUT2D eigenvalue weighted by Crippen LogP contribution is 2.30. The summed E-state index contributed by atoms with van der Waals surface area (Å²) in [5, 5.41) is 0. The summed E-state index contributed by atoms with van der Waals surface area (Å²) in [6.07, 6.45) is 2.34. The SMILES string of the molecule is COC(=O)c1ccc(C(=O)N2C[C@H](C)Cc3ccccc32)nc1. The molecule has 1 aliphatic rings. The molecule has 5 nitrogen and oxygen atoms in total. The molecule has 5 heteroatoms. The van der Waals surface area contributed by atoms with Crippen LogP contribution in [0.2, 0.25) is 0 Å². The highest BCUT2D eigenvalue weighted by molar-refractivity contribution is 6.05. The molecule has 0 spiro atoms. The van der Waals surface area contributed by atoms with E-state index in [0.29, 0.717) is 23.7 Å². The van der Waals surface area contributed by atoms with Gasteiger partial charge in [-0.1, -0.05) is 25.1 Å². The average molecular weight is 310 g/mol. The second-order valence-electron chi connectivity index (χ2n) is 5.78. The number of ether oxygens (including phenoxy) is 1. The van der Waals surface area contributed by atoms with E-state index in [0.717, 1.165) is 12.1 Å². The largest absolute Gasteiger partial charge is 0.465 e. The van der Waals surface area contributed by atoms with E-state index in [1.54, 1.807) is 17.0 Å². The van der Waals surface area contributed by atoms with Gasteiger partial charge in [0.1, 0.15) is 5.69 Å². The van der Waals surface area contributed by atoms with Crippen LogP contribution in [0.4, 0.5) is 5.69 Å². The normalized spacial score (nSPS) is 16.6. The number of hydrogen-bond donors (Lipinski definition) is 0. The number of methoxy groups -OCH3 is 1. The van der Waals surface area contributed by atoms with Crippen LogP contribution >= 0.6 is 0 Å². The number of fused-ring (bicyclic) bond motifs is 1. The molecule has 0 N–H and O–H groups in total. The van der Waals surface area contributed by atoms with Crippen LogP contribution in [0.1, 0.15) is 33.3 Å². The van der Waals surface area contributed by atoms with Crippen LogP contribution in [0, 0.1) is 5.92 Å². The molecule has 0 saturated carbocycles. The molecule has 0 bridgehead atoms. The molecule has 0 aliphatic carbocycles. The first kappa shape index (κ1) is 15.2. The summed E-state index contributed by atoms with van der Waals surface area (Å²) < 4.78 is 4.64. The molecule has 2 aromatic rings. The van der Waals surface area contributed by atoms with Gasteiger partial charge in [-0.15, -0.1) is 0 Å². The summed E-state index contributed by atoms with van der Waals surface area (Å²) in [6, 6.07) is 11.1. The Hall–Kier alpha value is -2.69. The van der Waals surface area contributed by atoms with Crippen LogP contribution in [0.5, 0.6) is 0 Å². The number of anilines is 1. The number of rotatable bonds is 2. The fraction of sp³-hybridized carbons (Fsp3) is 0.278. The Bertz CT molecular complexity index is 740. The second kappa shape index (κ2) is 6.20. The molecular weight excluding hydrogens is 292 g/mol. The lowest BCUT2D eigenvalue weighted by atomic mass is 9.93. The minimum atomic E-state index is -0.464. The number of pyridine rings is 1. The van der Waals surface area contributed by atoms with E-state index >= 15 is 0 Å². The smallest absolute Gasteiger partial charge is 0.339 e. The lowest BCUT2D eigenvalue weighted by Crippen LogP contribution is -2.39. The molecule has 1 aromatic carbocycles. The molecule has 2 heterocycles. The van der Waals surface area contributed by atoms with Crippen molar-refractivity contribution >= 4 is 17.6 Å². The fourth-order valence-corrected chi connectivity index (χ4v) is 2.89. The van der Waals surface area contributed by atoms with Crippen molar-refractivity contribution < 1.29 is 14.3 Å². The Morgan fingerprint density at radius 1 is 1.22 bits per heavy atom. The molecular formula is C18H18N2O3. The summed E-state index contributed by atoms with van der Waals surface area (Å²) in [5.74, 6) is -0.225. The third-order valence-corrected chi connectivity index (χ3v) is 3.99. The maximum atomic E-state index is 12.8. The molecule has 1 aliphatic heterocycles. The quantitative estimate of drug-likeness (QED) is 0.800. The van der Waals surface area contributed by atoms with Gasteiger partial charge >= 0.3 is 5.97 Å². The number of benzene rings is 1. The van der Waals surface area contributed by atoms with Gasteiger partial charge in [0.25, 0.3) is 5.91 Å². The van der Waals surface area contributed by atoms with E-state index in [1.165, 1.54) is 18.9 Å². The van der Waals surface area contributed by atoms with Crippen molar-refractivity contribution in [3.8, 4) is 0 Å². The standard InChI is InChI=1S/C18H18N2O3/c1-12-9-13-5-3-4-6-16(13)20(11-12)17(21)15-8-7-14(10-19-15)18(22)23-2/h3-8,10,12H,9,11H2,1-2H3/t12-/m1/s1. The van der Waals surface area contributed by atoms with Gasteiger partial charge in [0.2, 0.25) is 0 Å². The molecule has 118 valence electrons. The van der Waals surface area contributed by atoms with E-state index < -0.39 is 5.97 Å². The van der Waals surface area contributed by atoms with Crippen LogP contribution in [0.25, 0.3) is 0 Å². The molecule has 1 aromatic heterocycles. The Morgan fingerprint density at radius 3 is 2.70 bits per heavy atom. The lowest BCUT2D eigenvalue weighted by Gasteiger charge is -2.33. The van der Waals surface area contributed by atoms with Gasteiger partial charge in [-0.3, -0.25) is 9.78 Å². The van der Waals surface area contributed by atoms with Gasteiger partial charge in [-0.05, 0) is 36.1 Å². The maximum absolute atomic E-state index is 12.8. The van der Waals surface area contributed by atoms with E-state index in [4.69, 9.17) is 0 Å². The van der Waals surface area contributed by atoms with Gasteiger partial charge in [-0.25, -0.2) is 4.79 Å². The molecule has 23 heavy (non-hydrogen) atoms. The zero-order valence-corrected chi connectivity index (χ0v) is 13.2. The minimum Gasteiger partial charge on any atom is -0.465 e. The summed E-state index contributed by atoms with van der Waals surface area (Å²) >= 11 is 0. The highest BCUT2D eigenvalue weighted by Gasteiger charge is 2.27. The van der Waals surface area contributed by atoms with Crippen molar-refractivity contribution in [1.82, 2.24) is 4.98 Å². The molecule has 1 atom stereocenters. The molecule has 0 unspecified atom stereocenters. The number of carbonyl (C=O) groups excluding carboxylic acids is 2. The number of esters is 1. The van der Waals surface area contributed by atoms with E-state index in [-0.39, 0.29) is 5.91 Å². The molecule has 0 fully saturated rings. The molecule has 3 rings (SSSR count). The topological polar surface area (TPSA) is 59.5 Å². The number of hydrogen-bond acceptors (Lipinski definition) is 4. The van der Waals surface area contributed by atoms with Crippen molar-refractivity contribution in [3.05, 3.63) is 59.4 Å². The average Bonchev–Trinajstić information content (AvgIpc) is 2.59. The first-order valence-corrected chi connectivity index (χ1v) is 7.54. The van der Waals surface area contributed by atoms with Crippen molar-refractivity contribution in [2.45, 2.75) is 13.3 Å². The number of carbonyl (C=O) groups is 2. The van der Waals surface area contributed by atoms with Crippen molar-refractivity contribution in [2.75, 3.05) is 18.6 Å². The third kappa shape index (κ3) is 2.95. The van der Waals surface area contributed by atoms with Crippen molar-refractivity contribution in [3.63, 3.8) is 0 Å². The van der Waals surface area contributed by atoms with Gasteiger partial charge in [-0.2, -0.15) is 0 Å². The van der Waals surface area contributed by atoms with Gasteiger partial charge in [0.05, 0.1) is 12.7 Å². The Balaban J connectivity index is 1.90. The van der Waals surface area contributed by atoms with Crippen molar-refractivity contribution in [1.29, 1.82) is 0 Å². The van der Waals surface area contributed by atoms with E-state index in [9.17, 15) is 9.59 Å². The summed E-state index contributed by atoms with van der Waals surface area (Å²) in [6.45, 7) is 2.79. The van der Waals surface area contributed by atoms with Crippen LogP contribution in [-0.2, 0) is 11.2 Å². The molecule has 1 amide bonds. The Labute approximate surface area is 134 Å². The third-order valence-electron chi connectivity index (χ3n) is 3.99. The fourth-order valence-electron chi connectivity index (χ4n) is 2.89. The number of nitrogens with zero attached hydrogens (tertiary/aromatic N) is 2. The summed E-state index contributed by atoms with van der Waals surface area (Å²) in [5.41, 5.74) is 2.76. The monoisotopic (exact) mass is 310 g/mol. The Morgan fingerprint density at radius 2 is 2.00 bits per heavy atom. The highest BCUT2D eigenvalue weighted by atomic mass is 16.5. The second-order valence-corrected chi connectivity index (χ2v) is 5.78. The lowest BCUT2D eigenvalue weighted by molar-refractivity contribution is 0.0600. The van der Waals surface area contributed by atoms with Crippen LogP contribution in [-0.4, -0.2) is 30.5 Å². The van der Waals surface area contributed by atoms with Gasteiger partial charge < -0.3 is 9.64 Å².